The van der Waals surface area contributed by atoms with Gasteiger partial charge in [0.15, 0.2) is 9.84 Å². The fraction of sp³-hybridized carbons (Fsp3) is 0.278. The van der Waals surface area contributed by atoms with Crippen LogP contribution in [0.1, 0.15) is 35.3 Å². The Morgan fingerprint density at radius 1 is 1.00 bits per heavy atom. The molecule has 2 aromatic rings. The van der Waals surface area contributed by atoms with Crippen LogP contribution in [0.4, 0.5) is 17.6 Å². The molecule has 0 fully saturated rings. The van der Waals surface area contributed by atoms with E-state index >= 15 is 0 Å². The summed E-state index contributed by atoms with van der Waals surface area (Å²) in [5, 5.41) is 2.57. The Morgan fingerprint density at radius 2 is 1.56 bits per heavy atom. The molecule has 1 N–H and O–H groups in total. The van der Waals surface area contributed by atoms with Gasteiger partial charge < -0.3 is 5.32 Å². The van der Waals surface area contributed by atoms with Crippen LogP contribution in [0.2, 0.25) is 0 Å². The number of rotatable bonds is 4. The molecule has 0 bridgehead atoms. The first kappa shape index (κ1) is 20.9. The van der Waals surface area contributed by atoms with Gasteiger partial charge in [-0.25, -0.2) is 12.8 Å². The molecule has 27 heavy (non-hydrogen) atoms. The summed E-state index contributed by atoms with van der Waals surface area (Å²) in [5.74, 6) is -2.01. The number of amides is 1. The van der Waals surface area contributed by atoms with Crippen LogP contribution in [0.25, 0.3) is 0 Å². The molecule has 2 aromatic carbocycles. The van der Waals surface area contributed by atoms with Gasteiger partial charge in [-0.1, -0.05) is 6.07 Å². The van der Waals surface area contributed by atoms with Crippen molar-refractivity contribution < 1.29 is 30.8 Å². The van der Waals surface area contributed by atoms with Gasteiger partial charge in [0, 0.05) is 11.8 Å². The normalized spacial score (nSPS) is 12.7. The average molecular weight is 403 g/mol. The van der Waals surface area contributed by atoms with Gasteiger partial charge in [-0.15, -0.1) is 0 Å². The van der Waals surface area contributed by atoms with Gasteiger partial charge in [0.1, 0.15) is 5.82 Å². The molecule has 0 heterocycles. The lowest BCUT2D eigenvalue weighted by molar-refractivity contribution is -0.140. The van der Waals surface area contributed by atoms with Crippen LogP contribution in [0.3, 0.4) is 0 Å². The molecule has 0 aliphatic carbocycles. The second-order valence-electron chi connectivity index (χ2n) is 6.57. The molecule has 2 rings (SSSR count). The molecule has 0 atom stereocenters. The maximum atomic E-state index is 13.5. The molecule has 0 aliphatic heterocycles. The molecule has 1 amide bonds. The van der Waals surface area contributed by atoms with Crippen LogP contribution in [-0.2, 0) is 21.6 Å². The van der Waals surface area contributed by atoms with E-state index in [0.29, 0.717) is 12.1 Å². The monoisotopic (exact) mass is 403 g/mol. The predicted molar refractivity (Wildman–Crippen MR) is 91.4 cm³/mol. The number of alkyl halides is 3. The van der Waals surface area contributed by atoms with E-state index in [1.54, 1.807) is 0 Å². The van der Waals surface area contributed by atoms with Crippen molar-refractivity contribution in [1.29, 1.82) is 0 Å². The SMILES string of the molecule is CC(C)(NC(=O)c1ccc(S(C)(=O)=O)cc1)c1ccc(F)c(C(F)(F)F)c1. The first-order valence-corrected chi connectivity index (χ1v) is 9.61. The summed E-state index contributed by atoms with van der Waals surface area (Å²) in [6.45, 7) is 2.95. The third kappa shape index (κ3) is 4.85. The number of carbonyl (C=O) groups excluding carboxylic acids is 1. The molecule has 4 nitrogen and oxygen atoms in total. The van der Waals surface area contributed by atoms with Crippen LogP contribution in [0.15, 0.2) is 47.4 Å². The number of sulfone groups is 1. The van der Waals surface area contributed by atoms with Crippen LogP contribution in [-0.4, -0.2) is 20.6 Å². The van der Waals surface area contributed by atoms with E-state index in [-0.39, 0.29) is 16.0 Å². The van der Waals surface area contributed by atoms with E-state index < -0.39 is 38.8 Å². The van der Waals surface area contributed by atoms with Gasteiger partial charge in [0.2, 0.25) is 0 Å². The van der Waals surface area contributed by atoms with Crippen molar-refractivity contribution in [2.24, 2.45) is 0 Å². The molecular weight excluding hydrogens is 386 g/mol. The van der Waals surface area contributed by atoms with Crippen LogP contribution in [0, 0.1) is 5.82 Å². The molecule has 0 saturated heterocycles. The molecule has 0 spiro atoms. The number of hydrogen-bond acceptors (Lipinski definition) is 3. The van der Waals surface area contributed by atoms with Gasteiger partial charge in [-0.2, -0.15) is 13.2 Å². The predicted octanol–water partition coefficient (Wildman–Crippen LogP) is 3.91. The average Bonchev–Trinajstić information content (AvgIpc) is 2.52. The summed E-state index contributed by atoms with van der Waals surface area (Å²) in [6.07, 6.45) is -3.83. The summed E-state index contributed by atoms with van der Waals surface area (Å²) in [7, 11) is -3.42. The topological polar surface area (TPSA) is 63.2 Å². The Bertz CT molecular complexity index is 965. The van der Waals surface area contributed by atoms with Crippen molar-refractivity contribution in [2.75, 3.05) is 6.26 Å². The maximum absolute atomic E-state index is 13.5. The van der Waals surface area contributed by atoms with Gasteiger partial charge in [-0.05, 0) is 55.8 Å². The first-order valence-electron chi connectivity index (χ1n) is 7.72. The van der Waals surface area contributed by atoms with E-state index in [1.807, 2.05) is 0 Å². The molecule has 146 valence electrons. The minimum atomic E-state index is -4.86. The maximum Gasteiger partial charge on any atom is 0.419 e. The molecule has 0 radical (unpaired) electrons. The highest BCUT2D eigenvalue weighted by molar-refractivity contribution is 7.90. The summed E-state index contributed by atoms with van der Waals surface area (Å²) in [6, 6.07) is 7.64. The third-order valence-electron chi connectivity index (χ3n) is 3.96. The fourth-order valence-corrected chi connectivity index (χ4v) is 3.04. The first-order chi connectivity index (χ1) is 12.2. The fourth-order valence-electron chi connectivity index (χ4n) is 2.41. The zero-order valence-electron chi connectivity index (χ0n) is 14.7. The lowest BCUT2D eigenvalue weighted by Crippen LogP contribution is -2.41. The Labute approximate surface area is 154 Å². The van der Waals surface area contributed by atoms with Gasteiger partial charge in [-0.3, -0.25) is 4.79 Å². The lowest BCUT2D eigenvalue weighted by atomic mass is 9.92. The summed E-state index contributed by atoms with van der Waals surface area (Å²) in [5.41, 5.74) is -2.45. The number of nitrogens with one attached hydrogen (secondary N) is 1. The minimum absolute atomic E-state index is 0.0339. The molecule has 0 unspecified atom stereocenters. The van der Waals surface area contributed by atoms with E-state index in [1.165, 1.54) is 38.1 Å². The highest BCUT2D eigenvalue weighted by Crippen LogP contribution is 2.34. The Kier molecular flexibility index (Phi) is 5.38. The summed E-state index contributed by atoms with van der Waals surface area (Å²) < 4.78 is 75.1. The quantitative estimate of drug-likeness (QED) is 0.788. The second kappa shape index (κ2) is 6.95. The van der Waals surface area contributed by atoms with Crippen molar-refractivity contribution in [2.45, 2.75) is 30.5 Å². The highest BCUT2D eigenvalue weighted by atomic mass is 32.2. The van der Waals surface area contributed by atoms with Crippen LogP contribution < -0.4 is 5.32 Å². The zero-order chi connectivity index (χ0) is 20.6. The smallest absolute Gasteiger partial charge is 0.343 e. The number of carbonyl (C=O) groups is 1. The van der Waals surface area contributed by atoms with Crippen LogP contribution >= 0.6 is 0 Å². The number of benzene rings is 2. The lowest BCUT2D eigenvalue weighted by Gasteiger charge is -2.28. The Balaban J connectivity index is 2.29. The standard InChI is InChI=1S/C18H17F4NO3S/c1-17(2,12-6-9-15(19)14(10-12)18(20,21)22)23-16(24)11-4-7-13(8-5-11)27(3,25)26/h4-10H,1-3H3,(H,23,24). The van der Waals surface area contributed by atoms with Crippen molar-refractivity contribution in [3.05, 3.63) is 65.0 Å². The summed E-state index contributed by atoms with van der Waals surface area (Å²) >= 11 is 0. The van der Waals surface area contributed by atoms with Gasteiger partial charge in [0.05, 0.1) is 16.0 Å². The largest absolute Gasteiger partial charge is 0.419 e. The van der Waals surface area contributed by atoms with E-state index in [2.05, 4.69) is 5.32 Å². The zero-order valence-corrected chi connectivity index (χ0v) is 15.5. The van der Waals surface area contributed by atoms with Crippen molar-refractivity contribution in [3.63, 3.8) is 0 Å². The Hall–Kier alpha value is -2.42. The number of hydrogen-bond donors (Lipinski definition) is 1. The summed E-state index contributed by atoms with van der Waals surface area (Å²) in [4.78, 5) is 12.4. The van der Waals surface area contributed by atoms with E-state index in [4.69, 9.17) is 0 Å². The molecular formula is C18H17F4NO3S. The molecule has 0 saturated carbocycles. The highest BCUT2D eigenvalue weighted by Gasteiger charge is 2.36. The molecule has 9 heteroatoms. The Morgan fingerprint density at radius 3 is 2.04 bits per heavy atom. The van der Waals surface area contributed by atoms with Crippen molar-refractivity contribution in [1.82, 2.24) is 5.32 Å². The third-order valence-corrected chi connectivity index (χ3v) is 5.09. The van der Waals surface area contributed by atoms with Crippen molar-refractivity contribution in [3.8, 4) is 0 Å². The van der Waals surface area contributed by atoms with E-state index in [0.717, 1.165) is 12.3 Å². The second-order valence-corrected chi connectivity index (χ2v) is 8.58. The van der Waals surface area contributed by atoms with Crippen LogP contribution in [0.5, 0.6) is 0 Å². The molecule has 0 aliphatic rings. The van der Waals surface area contributed by atoms with Crippen molar-refractivity contribution >= 4 is 15.7 Å². The van der Waals surface area contributed by atoms with Gasteiger partial charge >= 0.3 is 6.18 Å². The molecule has 0 aromatic heterocycles. The van der Waals surface area contributed by atoms with E-state index in [9.17, 15) is 30.8 Å². The minimum Gasteiger partial charge on any atom is -0.343 e. The number of halogens is 4. The van der Waals surface area contributed by atoms with Gasteiger partial charge in [0.25, 0.3) is 5.91 Å².